The fourth-order valence-corrected chi connectivity index (χ4v) is 3.03. The van der Waals surface area contributed by atoms with E-state index in [9.17, 15) is 4.79 Å². The predicted molar refractivity (Wildman–Crippen MR) is 76.7 cm³/mol. The molecule has 0 saturated carbocycles. The number of ketones is 1. The van der Waals surface area contributed by atoms with Gasteiger partial charge in [-0.1, -0.05) is 0 Å². The van der Waals surface area contributed by atoms with Gasteiger partial charge < -0.3 is 9.47 Å². The van der Waals surface area contributed by atoms with Gasteiger partial charge in [-0.2, -0.15) is 10.4 Å². The Hall–Kier alpha value is -2.81. The Kier molecular flexibility index (Phi) is 2.86. The van der Waals surface area contributed by atoms with Crippen molar-refractivity contribution in [3.63, 3.8) is 0 Å². The molecule has 2 aliphatic rings. The van der Waals surface area contributed by atoms with Crippen LogP contribution in [0.1, 0.15) is 28.9 Å². The van der Waals surface area contributed by atoms with E-state index in [1.165, 1.54) is 0 Å². The Morgan fingerprint density at radius 3 is 3.00 bits per heavy atom. The molecule has 2 aromatic rings. The van der Waals surface area contributed by atoms with Crippen LogP contribution in [0.3, 0.4) is 0 Å². The van der Waals surface area contributed by atoms with Gasteiger partial charge in [0, 0.05) is 12.0 Å². The summed E-state index contributed by atoms with van der Waals surface area (Å²) in [4.78, 5) is 12.3. The molecule has 1 aromatic heterocycles. The maximum Gasteiger partial charge on any atom is 0.231 e. The second-order valence-electron chi connectivity index (χ2n) is 5.33. The highest BCUT2D eigenvalue weighted by Crippen LogP contribution is 2.38. The first-order valence-electron chi connectivity index (χ1n) is 7.18. The van der Waals surface area contributed by atoms with E-state index in [0.717, 1.165) is 24.1 Å². The van der Waals surface area contributed by atoms with E-state index in [1.54, 1.807) is 4.68 Å². The van der Waals surface area contributed by atoms with Crippen LogP contribution in [0.15, 0.2) is 18.2 Å². The SMILES string of the molecule is N#CCn1nc(-c2ccc3c(c2)OCO3)c2c1CCCC2=O. The van der Waals surface area contributed by atoms with Gasteiger partial charge in [-0.15, -0.1) is 0 Å². The lowest BCUT2D eigenvalue weighted by atomic mass is 9.92. The minimum absolute atomic E-state index is 0.0955. The summed E-state index contributed by atoms with van der Waals surface area (Å²) in [5.41, 5.74) is 2.96. The van der Waals surface area contributed by atoms with Gasteiger partial charge >= 0.3 is 0 Å². The molecule has 2 heterocycles. The van der Waals surface area contributed by atoms with Crippen molar-refractivity contribution < 1.29 is 14.3 Å². The summed E-state index contributed by atoms with van der Waals surface area (Å²) in [5, 5.41) is 13.5. The number of aromatic nitrogens is 2. The van der Waals surface area contributed by atoms with Gasteiger partial charge in [0.2, 0.25) is 6.79 Å². The third-order valence-electron chi connectivity index (χ3n) is 4.02. The first-order chi connectivity index (χ1) is 10.8. The van der Waals surface area contributed by atoms with E-state index in [2.05, 4.69) is 11.2 Å². The van der Waals surface area contributed by atoms with E-state index in [-0.39, 0.29) is 19.1 Å². The van der Waals surface area contributed by atoms with Gasteiger partial charge in [-0.3, -0.25) is 9.48 Å². The van der Waals surface area contributed by atoms with E-state index in [0.29, 0.717) is 29.2 Å². The summed E-state index contributed by atoms with van der Waals surface area (Å²) in [5.74, 6) is 1.45. The highest BCUT2D eigenvalue weighted by Gasteiger charge is 2.28. The smallest absolute Gasteiger partial charge is 0.231 e. The number of carbonyl (C=O) groups is 1. The summed E-state index contributed by atoms with van der Waals surface area (Å²) >= 11 is 0. The number of rotatable bonds is 2. The van der Waals surface area contributed by atoms with Crippen molar-refractivity contribution in [1.82, 2.24) is 9.78 Å². The zero-order valence-electron chi connectivity index (χ0n) is 11.8. The molecule has 1 aliphatic carbocycles. The molecule has 6 nitrogen and oxygen atoms in total. The van der Waals surface area contributed by atoms with Crippen molar-refractivity contribution in [3.05, 3.63) is 29.5 Å². The highest BCUT2D eigenvalue weighted by atomic mass is 16.7. The van der Waals surface area contributed by atoms with Gasteiger partial charge in [0.05, 0.1) is 17.3 Å². The third-order valence-corrected chi connectivity index (χ3v) is 4.02. The van der Waals surface area contributed by atoms with Crippen molar-refractivity contribution in [1.29, 1.82) is 5.26 Å². The molecule has 110 valence electrons. The molecule has 0 spiro atoms. The van der Waals surface area contributed by atoms with Crippen LogP contribution in [-0.2, 0) is 13.0 Å². The van der Waals surface area contributed by atoms with Gasteiger partial charge in [-0.05, 0) is 31.0 Å². The van der Waals surface area contributed by atoms with Gasteiger partial charge in [-0.25, -0.2) is 0 Å². The lowest BCUT2D eigenvalue weighted by Crippen LogP contribution is -2.13. The van der Waals surface area contributed by atoms with Gasteiger partial charge in [0.25, 0.3) is 0 Å². The zero-order valence-corrected chi connectivity index (χ0v) is 11.8. The number of Topliss-reactive ketones (excluding diaryl/α,β-unsaturated/α-hetero) is 1. The van der Waals surface area contributed by atoms with Crippen molar-refractivity contribution >= 4 is 5.78 Å². The molecule has 22 heavy (non-hydrogen) atoms. The number of hydrogen-bond acceptors (Lipinski definition) is 5. The largest absolute Gasteiger partial charge is 0.454 e. The Labute approximate surface area is 126 Å². The Bertz CT molecular complexity index is 817. The summed E-state index contributed by atoms with van der Waals surface area (Å²) < 4.78 is 12.3. The number of hydrogen-bond donors (Lipinski definition) is 0. The highest BCUT2D eigenvalue weighted by molar-refractivity contribution is 6.03. The van der Waals surface area contributed by atoms with Crippen molar-refractivity contribution in [2.24, 2.45) is 0 Å². The normalized spacial score (nSPS) is 15.5. The molecule has 6 heteroatoms. The molecule has 0 N–H and O–H groups in total. The van der Waals surface area contributed by atoms with Crippen molar-refractivity contribution in [2.75, 3.05) is 6.79 Å². The Morgan fingerprint density at radius 1 is 1.27 bits per heavy atom. The van der Waals surface area contributed by atoms with Gasteiger partial charge in [0.1, 0.15) is 12.2 Å². The average Bonchev–Trinajstić information content (AvgIpc) is 3.12. The van der Waals surface area contributed by atoms with Crippen LogP contribution in [0.2, 0.25) is 0 Å². The monoisotopic (exact) mass is 295 g/mol. The molecule has 0 unspecified atom stereocenters. The van der Waals surface area contributed by atoms with Crippen LogP contribution in [0.5, 0.6) is 11.5 Å². The topological polar surface area (TPSA) is 77.1 Å². The van der Waals surface area contributed by atoms with Crippen molar-refractivity contribution in [2.45, 2.75) is 25.8 Å². The van der Waals surface area contributed by atoms with Crippen molar-refractivity contribution in [3.8, 4) is 28.8 Å². The second-order valence-corrected chi connectivity index (χ2v) is 5.33. The second kappa shape index (κ2) is 4.88. The summed E-state index contributed by atoms with van der Waals surface area (Å²) in [6.45, 7) is 0.360. The summed E-state index contributed by atoms with van der Waals surface area (Å²) in [6.07, 6.45) is 2.12. The quantitative estimate of drug-likeness (QED) is 0.849. The van der Waals surface area contributed by atoms with Crippen LogP contribution in [-0.4, -0.2) is 22.4 Å². The maximum absolute atomic E-state index is 12.3. The fraction of sp³-hybridized carbons (Fsp3) is 0.312. The minimum Gasteiger partial charge on any atom is -0.454 e. The van der Waals surface area contributed by atoms with Crippen LogP contribution in [0, 0.1) is 11.3 Å². The standard InChI is InChI=1S/C16H13N3O3/c17-6-7-19-11-2-1-3-12(20)15(11)16(18-19)10-4-5-13-14(8-10)22-9-21-13/h4-5,8H,1-3,7,9H2. The Morgan fingerprint density at radius 2 is 2.14 bits per heavy atom. The molecule has 0 amide bonds. The predicted octanol–water partition coefficient (Wildman–Crippen LogP) is 2.32. The van der Waals surface area contributed by atoms with E-state index in [1.807, 2.05) is 18.2 Å². The lowest BCUT2D eigenvalue weighted by Gasteiger charge is -2.12. The first-order valence-corrected chi connectivity index (χ1v) is 7.18. The Balaban J connectivity index is 1.88. The molecule has 4 rings (SSSR count). The molecule has 0 fully saturated rings. The molecule has 0 saturated heterocycles. The third kappa shape index (κ3) is 1.86. The molecule has 0 bridgehead atoms. The van der Waals surface area contributed by atoms with Crippen LogP contribution >= 0.6 is 0 Å². The summed E-state index contributed by atoms with van der Waals surface area (Å²) in [7, 11) is 0. The fourth-order valence-electron chi connectivity index (χ4n) is 3.03. The molecule has 1 aliphatic heterocycles. The molecular formula is C16H13N3O3. The van der Waals surface area contributed by atoms with Crippen LogP contribution in [0.25, 0.3) is 11.3 Å². The number of nitriles is 1. The van der Waals surface area contributed by atoms with Crippen LogP contribution < -0.4 is 9.47 Å². The molecule has 0 radical (unpaired) electrons. The number of nitrogens with zero attached hydrogens (tertiary/aromatic N) is 3. The van der Waals surface area contributed by atoms with E-state index >= 15 is 0 Å². The molecule has 0 atom stereocenters. The molecular weight excluding hydrogens is 282 g/mol. The average molecular weight is 295 g/mol. The number of fused-ring (bicyclic) bond motifs is 2. The first kappa shape index (κ1) is 12.9. The lowest BCUT2D eigenvalue weighted by molar-refractivity contribution is 0.0972. The maximum atomic E-state index is 12.3. The number of carbonyl (C=O) groups excluding carboxylic acids is 1. The van der Waals surface area contributed by atoms with Crippen LogP contribution in [0.4, 0.5) is 0 Å². The van der Waals surface area contributed by atoms with E-state index < -0.39 is 0 Å². The van der Waals surface area contributed by atoms with E-state index in [4.69, 9.17) is 14.7 Å². The van der Waals surface area contributed by atoms with Gasteiger partial charge in [0.15, 0.2) is 17.3 Å². The zero-order chi connectivity index (χ0) is 15.1. The minimum atomic E-state index is 0.0955. The number of benzene rings is 1. The summed E-state index contributed by atoms with van der Waals surface area (Å²) in [6, 6.07) is 7.63. The number of ether oxygens (including phenoxy) is 2. The molecule has 1 aromatic carbocycles.